The molecule has 2 fully saturated rings. The topological polar surface area (TPSA) is 32.8 Å². The highest BCUT2D eigenvalue weighted by Crippen LogP contribution is 2.45. The van der Waals surface area contributed by atoms with E-state index in [0.29, 0.717) is 17.4 Å². The van der Waals surface area contributed by atoms with Crippen LogP contribution in [0, 0.1) is 11.3 Å². The Labute approximate surface area is 73.9 Å². The van der Waals surface area contributed by atoms with Crippen molar-refractivity contribution in [1.29, 1.82) is 0 Å². The standard InChI is InChI=1S/C10H18O2/c1-10(2,3)6-4-7(11)9-8(5-6)12-9/h6-9,11H,4-5H2,1-3H3/t6-,7-,8?,9?/m1/s1. The summed E-state index contributed by atoms with van der Waals surface area (Å²) in [4.78, 5) is 0. The Morgan fingerprint density at radius 2 is 1.92 bits per heavy atom. The maximum absolute atomic E-state index is 9.63. The van der Waals surface area contributed by atoms with Crippen LogP contribution in [0.4, 0.5) is 0 Å². The van der Waals surface area contributed by atoms with Crippen LogP contribution >= 0.6 is 0 Å². The van der Waals surface area contributed by atoms with E-state index in [2.05, 4.69) is 20.8 Å². The number of hydrogen-bond donors (Lipinski definition) is 1. The van der Waals surface area contributed by atoms with Gasteiger partial charge in [-0.15, -0.1) is 0 Å². The minimum absolute atomic E-state index is 0.184. The van der Waals surface area contributed by atoms with Crippen molar-refractivity contribution in [2.45, 2.75) is 51.9 Å². The van der Waals surface area contributed by atoms with Gasteiger partial charge in [0.15, 0.2) is 0 Å². The number of fused-ring (bicyclic) bond motifs is 1. The van der Waals surface area contributed by atoms with Crippen LogP contribution in [0.25, 0.3) is 0 Å². The molecule has 2 heteroatoms. The molecule has 2 nitrogen and oxygen atoms in total. The molecule has 0 aromatic carbocycles. The van der Waals surface area contributed by atoms with E-state index in [9.17, 15) is 5.11 Å². The molecule has 0 aromatic rings. The van der Waals surface area contributed by atoms with Gasteiger partial charge in [-0.2, -0.15) is 0 Å². The fourth-order valence-corrected chi connectivity index (χ4v) is 2.19. The number of ether oxygens (including phenoxy) is 1. The van der Waals surface area contributed by atoms with Gasteiger partial charge >= 0.3 is 0 Å². The van der Waals surface area contributed by atoms with Gasteiger partial charge in [0.05, 0.1) is 12.2 Å². The van der Waals surface area contributed by atoms with Crippen molar-refractivity contribution in [2.75, 3.05) is 0 Å². The quantitative estimate of drug-likeness (QED) is 0.560. The Morgan fingerprint density at radius 1 is 1.25 bits per heavy atom. The molecule has 0 amide bonds. The molecule has 0 aromatic heterocycles. The van der Waals surface area contributed by atoms with Crippen LogP contribution in [-0.4, -0.2) is 23.4 Å². The third-order valence-electron chi connectivity index (χ3n) is 3.27. The normalized spacial score (nSPS) is 47.0. The zero-order valence-electron chi connectivity index (χ0n) is 8.08. The molecule has 12 heavy (non-hydrogen) atoms. The summed E-state index contributed by atoms with van der Waals surface area (Å²) in [5, 5.41) is 9.63. The number of rotatable bonds is 0. The maximum Gasteiger partial charge on any atom is 0.110 e. The van der Waals surface area contributed by atoms with Gasteiger partial charge in [0.25, 0.3) is 0 Å². The van der Waals surface area contributed by atoms with Gasteiger partial charge in [0.2, 0.25) is 0 Å². The third kappa shape index (κ3) is 1.38. The molecule has 2 aliphatic rings. The predicted molar refractivity (Wildman–Crippen MR) is 46.8 cm³/mol. The fourth-order valence-electron chi connectivity index (χ4n) is 2.19. The average Bonchev–Trinajstić information content (AvgIpc) is 2.63. The summed E-state index contributed by atoms with van der Waals surface area (Å²) in [5.74, 6) is 0.622. The van der Waals surface area contributed by atoms with Crippen LogP contribution in [-0.2, 0) is 4.74 Å². The first-order valence-corrected chi connectivity index (χ1v) is 4.82. The molecule has 2 rings (SSSR count). The highest BCUT2D eigenvalue weighted by molar-refractivity contribution is 4.99. The van der Waals surface area contributed by atoms with Gasteiger partial charge in [0, 0.05) is 0 Å². The second-order valence-electron chi connectivity index (χ2n) is 5.24. The van der Waals surface area contributed by atoms with Gasteiger partial charge in [-0.3, -0.25) is 0 Å². The predicted octanol–water partition coefficient (Wildman–Crippen LogP) is 1.57. The van der Waals surface area contributed by atoms with Crippen LogP contribution in [0.1, 0.15) is 33.6 Å². The largest absolute Gasteiger partial charge is 0.390 e. The Morgan fingerprint density at radius 3 is 2.42 bits per heavy atom. The average molecular weight is 170 g/mol. The Bertz CT molecular complexity index is 183. The summed E-state index contributed by atoms with van der Waals surface area (Å²) >= 11 is 0. The molecule has 1 aliphatic carbocycles. The van der Waals surface area contributed by atoms with Crippen LogP contribution in [0.2, 0.25) is 0 Å². The second-order valence-corrected chi connectivity index (χ2v) is 5.24. The minimum atomic E-state index is -0.201. The van der Waals surface area contributed by atoms with Crippen molar-refractivity contribution in [3.8, 4) is 0 Å². The van der Waals surface area contributed by atoms with E-state index in [1.165, 1.54) is 0 Å². The van der Waals surface area contributed by atoms with Crippen molar-refractivity contribution in [3.05, 3.63) is 0 Å². The smallest absolute Gasteiger partial charge is 0.110 e. The van der Waals surface area contributed by atoms with E-state index < -0.39 is 0 Å². The molecule has 2 unspecified atom stereocenters. The lowest BCUT2D eigenvalue weighted by Gasteiger charge is -2.34. The molecule has 1 N–H and O–H groups in total. The molecule has 1 saturated heterocycles. The summed E-state index contributed by atoms with van der Waals surface area (Å²) in [6.45, 7) is 6.73. The monoisotopic (exact) mass is 170 g/mol. The lowest BCUT2D eigenvalue weighted by molar-refractivity contribution is 0.0707. The second kappa shape index (κ2) is 2.46. The Hall–Kier alpha value is -0.0800. The van der Waals surface area contributed by atoms with Crippen molar-refractivity contribution >= 4 is 0 Å². The van der Waals surface area contributed by atoms with E-state index in [1.807, 2.05) is 0 Å². The van der Waals surface area contributed by atoms with Crippen molar-refractivity contribution in [2.24, 2.45) is 11.3 Å². The highest BCUT2D eigenvalue weighted by Gasteiger charge is 2.51. The van der Waals surface area contributed by atoms with E-state index in [1.54, 1.807) is 0 Å². The number of aliphatic hydroxyl groups is 1. The highest BCUT2D eigenvalue weighted by atomic mass is 16.6. The SMILES string of the molecule is CC(C)(C)[C@H]1CC2OC2[C@H](O)C1. The molecule has 0 radical (unpaired) electrons. The molecule has 1 saturated carbocycles. The lowest BCUT2D eigenvalue weighted by Crippen LogP contribution is -2.34. The summed E-state index contributed by atoms with van der Waals surface area (Å²) in [6, 6.07) is 0. The first-order valence-electron chi connectivity index (χ1n) is 4.82. The molecular weight excluding hydrogens is 152 g/mol. The zero-order valence-corrected chi connectivity index (χ0v) is 8.08. The molecule has 0 spiro atoms. The summed E-state index contributed by atoms with van der Waals surface area (Å²) in [7, 11) is 0. The maximum atomic E-state index is 9.63. The summed E-state index contributed by atoms with van der Waals surface area (Å²) < 4.78 is 5.37. The van der Waals surface area contributed by atoms with Gasteiger partial charge < -0.3 is 9.84 Å². The van der Waals surface area contributed by atoms with Crippen LogP contribution in [0.3, 0.4) is 0 Å². The van der Waals surface area contributed by atoms with E-state index >= 15 is 0 Å². The minimum Gasteiger partial charge on any atom is -0.390 e. The van der Waals surface area contributed by atoms with Crippen LogP contribution < -0.4 is 0 Å². The molecule has 70 valence electrons. The first-order chi connectivity index (χ1) is 5.48. The van der Waals surface area contributed by atoms with Gasteiger partial charge in [-0.1, -0.05) is 20.8 Å². The molecular formula is C10H18O2. The first kappa shape index (κ1) is 8.52. The van der Waals surface area contributed by atoms with Crippen molar-refractivity contribution in [1.82, 2.24) is 0 Å². The zero-order chi connectivity index (χ0) is 8.93. The molecule has 1 aliphatic heterocycles. The van der Waals surface area contributed by atoms with Gasteiger partial charge in [-0.25, -0.2) is 0 Å². The van der Waals surface area contributed by atoms with E-state index in [4.69, 9.17) is 4.74 Å². The fraction of sp³-hybridized carbons (Fsp3) is 1.00. The van der Waals surface area contributed by atoms with Crippen LogP contribution in [0.5, 0.6) is 0 Å². The summed E-state index contributed by atoms with van der Waals surface area (Å²) in [5.41, 5.74) is 0.317. The molecule has 1 heterocycles. The van der Waals surface area contributed by atoms with Crippen molar-refractivity contribution < 1.29 is 9.84 Å². The number of aliphatic hydroxyl groups excluding tert-OH is 1. The molecule has 4 atom stereocenters. The number of hydrogen-bond acceptors (Lipinski definition) is 2. The number of epoxide rings is 1. The van der Waals surface area contributed by atoms with Crippen molar-refractivity contribution in [3.63, 3.8) is 0 Å². The van der Waals surface area contributed by atoms with Crippen LogP contribution in [0.15, 0.2) is 0 Å². The van der Waals surface area contributed by atoms with Gasteiger partial charge in [-0.05, 0) is 24.2 Å². The Balaban J connectivity index is 2.01. The van der Waals surface area contributed by atoms with E-state index in [-0.39, 0.29) is 12.2 Å². The Kier molecular flexibility index (Phi) is 1.74. The van der Waals surface area contributed by atoms with E-state index in [0.717, 1.165) is 12.8 Å². The molecule has 0 bridgehead atoms. The lowest BCUT2D eigenvalue weighted by atomic mass is 9.72. The van der Waals surface area contributed by atoms with Gasteiger partial charge in [0.1, 0.15) is 6.10 Å². The summed E-state index contributed by atoms with van der Waals surface area (Å²) in [6.07, 6.45) is 2.42. The third-order valence-corrected chi connectivity index (χ3v) is 3.27.